The summed E-state index contributed by atoms with van der Waals surface area (Å²) in [7, 11) is 0. The molecule has 72 valence electrons. The molecule has 0 saturated heterocycles. The minimum absolute atomic E-state index is 0.0871. The lowest BCUT2D eigenvalue weighted by molar-refractivity contribution is -0.114. The van der Waals surface area contributed by atoms with E-state index in [1.165, 1.54) is 6.92 Å². The van der Waals surface area contributed by atoms with Crippen molar-refractivity contribution < 1.29 is 4.79 Å². The van der Waals surface area contributed by atoms with E-state index in [2.05, 4.69) is 10.2 Å². The predicted molar refractivity (Wildman–Crippen MR) is 55.8 cm³/mol. The molecule has 3 nitrogen and oxygen atoms in total. The van der Waals surface area contributed by atoms with E-state index in [-0.39, 0.29) is 11.9 Å². The molecule has 0 aliphatic rings. The zero-order valence-corrected chi connectivity index (χ0v) is 8.24. The first kappa shape index (κ1) is 10.3. The Bertz CT molecular complexity index is 362. The largest absolute Gasteiger partial charge is 0.326 e. The summed E-state index contributed by atoms with van der Waals surface area (Å²) in [5.41, 5.74) is 1.73. The van der Waals surface area contributed by atoms with Crippen molar-refractivity contribution in [1.29, 1.82) is 0 Å². The molecule has 1 atom stereocenters. The van der Waals surface area contributed by atoms with Gasteiger partial charge < -0.3 is 10.2 Å². The summed E-state index contributed by atoms with van der Waals surface area (Å²) < 4.78 is 0. The maximum atomic E-state index is 10.7. The third-order valence-electron chi connectivity index (χ3n) is 1.91. The monoisotopic (exact) mass is 188 g/mol. The number of carbonyl (C=O) groups is 1. The molecule has 0 heterocycles. The number of hydrogen-bond donors (Lipinski definition) is 1. The van der Waals surface area contributed by atoms with Crippen molar-refractivity contribution in [2.45, 2.75) is 19.9 Å². The number of nitrogens with zero attached hydrogens (tertiary/aromatic N) is 1. The molecule has 1 amide bonds. The Kier molecular flexibility index (Phi) is 3.24. The Labute approximate surface area is 83.6 Å². The van der Waals surface area contributed by atoms with Crippen molar-refractivity contribution in [2.24, 2.45) is 0 Å². The molecule has 1 N–H and O–H groups in total. The van der Waals surface area contributed by atoms with E-state index in [0.717, 1.165) is 11.3 Å². The summed E-state index contributed by atoms with van der Waals surface area (Å²) in [6, 6.07) is 7.19. The second-order valence-electron chi connectivity index (χ2n) is 3.11. The normalized spacial score (nSPS) is 11.5. The van der Waals surface area contributed by atoms with Gasteiger partial charge in [0.15, 0.2) is 0 Å². The molecule has 0 fully saturated rings. The van der Waals surface area contributed by atoms with Crippen LogP contribution >= 0.6 is 0 Å². The molecule has 0 radical (unpaired) electrons. The molecule has 0 aliphatic heterocycles. The summed E-state index contributed by atoms with van der Waals surface area (Å²) in [6.45, 7) is 10.2. The highest BCUT2D eigenvalue weighted by molar-refractivity contribution is 5.88. The van der Waals surface area contributed by atoms with Gasteiger partial charge in [0, 0.05) is 25.1 Å². The van der Waals surface area contributed by atoms with E-state index >= 15 is 0 Å². The van der Waals surface area contributed by atoms with Crippen LogP contribution in [0.25, 0.3) is 4.85 Å². The number of nitrogens with one attached hydrogen (secondary N) is 1. The molecule has 1 aromatic rings. The Hall–Kier alpha value is -1.82. The Balaban J connectivity index is 2.79. The first-order valence-electron chi connectivity index (χ1n) is 4.37. The number of amides is 1. The zero-order chi connectivity index (χ0) is 10.6. The summed E-state index contributed by atoms with van der Waals surface area (Å²) in [4.78, 5) is 14.1. The van der Waals surface area contributed by atoms with Gasteiger partial charge in [-0.15, -0.1) is 0 Å². The van der Waals surface area contributed by atoms with Crippen LogP contribution in [-0.2, 0) is 4.79 Å². The van der Waals surface area contributed by atoms with E-state index in [4.69, 9.17) is 6.57 Å². The Morgan fingerprint density at radius 1 is 1.43 bits per heavy atom. The van der Waals surface area contributed by atoms with Crippen LogP contribution in [0.4, 0.5) is 5.69 Å². The van der Waals surface area contributed by atoms with E-state index in [9.17, 15) is 4.79 Å². The van der Waals surface area contributed by atoms with Crippen molar-refractivity contribution in [3.8, 4) is 0 Å². The maximum Gasteiger partial charge on any atom is 0.245 e. The molecular weight excluding hydrogens is 176 g/mol. The third kappa shape index (κ3) is 2.60. The lowest BCUT2D eigenvalue weighted by Gasteiger charge is -2.03. The molecule has 0 aromatic heterocycles. The van der Waals surface area contributed by atoms with Crippen molar-refractivity contribution in [3.63, 3.8) is 0 Å². The van der Waals surface area contributed by atoms with Gasteiger partial charge in [-0.25, -0.2) is 6.57 Å². The van der Waals surface area contributed by atoms with Crippen molar-refractivity contribution >= 4 is 11.6 Å². The molecule has 3 heteroatoms. The first-order valence-corrected chi connectivity index (χ1v) is 4.37. The lowest BCUT2D eigenvalue weighted by atomic mass is 10.1. The van der Waals surface area contributed by atoms with Gasteiger partial charge in [-0.05, 0) is 24.3 Å². The topological polar surface area (TPSA) is 33.5 Å². The lowest BCUT2D eigenvalue weighted by Crippen LogP contribution is -2.05. The number of rotatable bonds is 2. The number of hydrogen-bond acceptors (Lipinski definition) is 1. The van der Waals surface area contributed by atoms with Crippen molar-refractivity contribution in [3.05, 3.63) is 41.2 Å². The fourth-order valence-corrected chi connectivity index (χ4v) is 1.12. The van der Waals surface area contributed by atoms with Gasteiger partial charge in [-0.2, -0.15) is 0 Å². The quantitative estimate of drug-likeness (QED) is 0.711. The van der Waals surface area contributed by atoms with Gasteiger partial charge in [0.05, 0.1) is 0 Å². The molecule has 1 rings (SSSR count). The van der Waals surface area contributed by atoms with E-state index in [0.29, 0.717) is 0 Å². The Morgan fingerprint density at radius 3 is 2.43 bits per heavy atom. The fraction of sp³-hybridized carbons (Fsp3) is 0.273. The van der Waals surface area contributed by atoms with Gasteiger partial charge in [-0.3, -0.25) is 4.79 Å². The van der Waals surface area contributed by atoms with Crippen LogP contribution in [0.3, 0.4) is 0 Å². The average molecular weight is 188 g/mol. The van der Waals surface area contributed by atoms with E-state index in [1.54, 1.807) is 12.1 Å². The van der Waals surface area contributed by atoms with Crippen LogP contribution in [0.15, 0.2) is 24.3 Å². The van der Waals surface area contributed by atoms with Gasteiger partial charge >= 0.3 is 0 Å². The number of carbonyl (C=O) groups excluding carboxylic acids is 1. The van der Waals surface area contributed by atoms with Crippen LogP contribution in [0, 0.1) is 6.57 Å². The molecule has 14 heavy (non-hydrogen) atoms. The second-order valence-corrected chi connectivity index (χ2v) is 3.11. The number of anilines is 1. The highest BCUT2D eigenvalue weighted by Crippen LogP contribution is 2.18. The average Bonchev–Trinajstić information content (AvgIpc) is 2.17. The highest BCUT2D eigenvalue weighted by Gasteiger charge is 2.07. The Morgan fingerprint density at radius 2 is 2.00 bits per heavy atom. The third-order valence-corrected chi connectivity index (χ3v) is 1.91. The smallest absolute Gasteiger partial charge is 0.245 e. The number of benzene rings is 1. The molecule has 0 saturated carbocycles. The van der Waals surface area contributed by atoms with Crippen molar-refractivity contribution in [2.75, 3.05) is 5.32 Å². The minimum Gasteiger partial charge on any atom is -0.326 e. The standard InChI is InChI=1S/C11H12N2O/c1-8(12-3)10-4-6-11(7-5-10)13-9(2)14/h4-8H,1-2H3,(H,13,14). The molecule has 1 unspecified atom stereocenters. The molecule has 1 aromatic carbocycles. The summed E-state index contributed by atoms with van der Waals surface area (Å²) in [6.07, 6.45) is 0. The van der Waals surface area contributed by atoms with Crippen LogP contribution in [0.2, 0.25) is 0 Å². The first-order chi connectivity index (χ1) is 6.63. The van der Waals surface area contributed by atoms with E-state index in [1.807, 2.05) is 19.1 Å². The maximum absolute atomic E-state index is 10.7. The van der Waals surface area contributed by atoms with Crippen molar-refractivity contribution in [1.82, 2.24) is 0 Å². The molecule has 0 bridgehead atoms. The van der Waals surface area contributed by atoms with Gasteiger partial charge in [0.1, 0.15) is 0 Å². The predicted octanol–water partition coefficient (Wildman–Crippen LogP) is 2.63. The zero-order valence-electron chi connectivity index (χ0n) is 8.24. The SMILES string of the molecule is [C-]#[N+]C(C)c1ccc(NC(C)=O)cc1. The van der Waals surface area contributed by atoms with E-state index < -0.39 is 0 Å². The minimum atomic E-state index is -0.124. The van der Waals surface area contributed by atoms with Crippen LogP contribution < -0.4 is 5.32 Å². The summed E-state index contributed by atoms with van der Waals surface area (Å²) >= 11 is 0. The second kappa shape index (κ2) is 4.43. The molecular formula is C11H12N2O. The van der Waals surface area contributed by atoms with Gasteiger partial charge in [-0.1, -0.05) is 0 Å². The highest BCUT2D eigenvalue weighted by atomic mass is 16.1. The van der Waals surface area contributed by atoms with Crippen LogP contribution in [0.1, 0.15) is 25.5 Å². The van der Waals surface area contributed by atoms with Crippen LogP contribution in [0.5, 0.6) is 0 Å². The fourth-order valence-electron chi connectivity index (χ4n) is 1.12. The summed E-state index contributed by atoms with van der Waals surface area (Å²) in [5, 5.41) is 2.67. The van der Waals surface area contributed by atoms with Gasteiger partial charge in [0.25, 0.3) is 0 Å². The van der Waals surface area contributed by atoms with Crippen LogP contribution in [-0.4, -0.2) is 5.91 Å². The molecule has 0 spiro atoms. The molecule has 0 aliphatic carbocycles. The van der Waals surface area contributed by atoms with Gasteiger partial charge in [0.2, 0.25) is 11.9 Å². The summed E-state index contributed by atoms with van der Waals surface area (Å²) in [5.74, 6) is -0.0871.